The lowest BCUT2D eigenvalue weighted by Gasteiger charge is -2.27. The van der Waals surface area contributed by atoms with E-state index in [1.165, 1.54) is 6.92 Å². The van der Waals surface area contributed by atoms with Crippen LogP contribution in [0.25, 0.3) is 10.2 Å². The van der Waals surface area contributed by atoms with Crippen molar-refractivity contribution in [3.05, 3.63) is 52.6 Å². The number of nitrogens with one attached hydrogen (secondary N) is 4. The van der Waals surface area contributed by atoms with Crippen LogP contribution in [0, 0.1) is 5.92 Å². The summed E-state index contributed by atoms with van der Waals surface area (Å²) in [5.41, 5.74) is 18.7. The predicted octanol–water partition coefficient (Wildman–Crippen LogP) is 1.51. The number of aromatic nitrogens is 1. The number of benzene rings is 1. The number of hydrogen-bond acceptors (Lipinski definition) is 11. The van der Waals surface area contributed by atoms with Gasteiger partial charge in [0.2, 0.25) is 29.4 Å². The van der Waals surface area contributed by atoms with Gasteiger partial charge >= 0.3 is 0 Å². The third-order valence-corrected chi connectivity index (χ3v) is 9.82. The van der Waals surface area contributed by atoms with Crippen LogP contribution in [-0.4, -0.2) is 95.1 Å². The molecule has 55 heavy (non-hydrogen) atoms. The Hall–Kier alpha value is -5.00. The summed E-state index contributed by atoms with van der Waals surface area (Å²) < 4.78 is 0.645. The zero-order valence-electron chi connectivity index (χ0n) is 31.8. The predicted molar refractivity (Wildman–Crippen MR) is 212 cm³/mol. The van der Waals surface area contributed by atoms with Gasteiger partial charge in [-0.15, -0.1) is 11.3 Å². The second-order valence-corrected chi connectivity index (χ2v) is 15.0. The quantitative estimate of drug-likeness (QED) is 0.0346. The largest absolute Gasteiger partial charge is 0.394 e. The third-order valence-electron chi connectivity index (χ3n) is 8.78. The fraction of sp³-hybridized carbons (Fsp3) is 0.526. The van der Waals surface area contributed by atoms with Crippen molar-refractivity contribution in [2.24, 2.45) is 28.1 Å². The Morgan fingerprint density at radius 1 is 0.909 bits per heavy atom. The second-order valence-electron chi connectivity index (χ2n) is 13.9. The Kier molecular flexibility index (Phi) is 18.1. The summed E-state index contributed by atoms with van der Waals surface area (Å²) in [7, 11) is 0. The van der Waals surface area contributed by atoms with E-state index in [2.05, 4.69) is 37.3 Å². The fourth-order valence-corrected chi connectivity index (χ4v) is 6.95. The Labute approximate surface area is 325 Å². The number of carbonyl (C=O) groups excluding carboxylic acids is 6. The van der Waals surface area contributed by atoms with Gasteiger partial charge in [0, 0.05) is 25.5 Å². The van der Waals surface area contributed by atoms with Gasteiger partial charge in [-0.05, 0) is 82.0 Å². The van der Waals surface area contributed by atoms with Crippen molar-refractivity contribution in [3.63, 3.8) is 0 Å². The Bertz CT molecular complexity index is 1770. The van der Waals surface area contributed by atoms with Crippen LogP contribution in [0.1, 0.15) is 98.7 Å². The van der Waals surface area contributed by atoms with E-state index in [1.54, 1.807) is 18.2 Å². The average molecular weight is 782 g/mol. The molecule has 0 radical (unpaired) electrons. The molecule has 1 heterocycles. The first-order valence-electron chi connectivity index (χ1n) is 18.6. The Balaban J connectivity index is 1.84. The minimum absolute atomic E-state index is 0.0324. The molecule has 4 amide bonds. The molecule has 4 atom stereocenters. The van der Waals surface area contributed by atoms with Gasteiger partial charge in [0.25, 0.3) is 0 Å². The molecule has 0 fully saturated rings. The molecule has 0 spiro atoms. The van der Waals surface area contributed by atoms with Crippen LogP contribution in [-0.2, 0) is 19.2 Å². The summed E-state index contributed by atoms with van der Waals surface area (Å²) in [6.07, 6.45) is 9.90. The zero-order valence-corrected chi connectivity index (χ0v) is 32.6. The SMILES string of the molecule is CC(=O)N[C@@H](CO)C(=O)N[C@@H](CCCCN)C(=O)N[C@@H](CC(C)C)C(=O)N[C@@H](CCCN=C(N)N)C(=O)c1nc2ccc(C(=O)CC3=CC=CCC3)cc2s1. The molecule has 0 aliphatic heterocycles. The second kappa shape index (κ2) is 22.4. The molecule has 0 saturated carbocycles. The molecule has 0 bridgehead atoms. The van der Waals surface area contributed by atoms with Crippen LogP contribution in [0.15, 0.2) is 47.0 Å². The van der Waals surface area contributed by atoms with Crippen molar-refractivity contribution >= 4 is 62.7 Å². The highest BCUT2D eigenvalue weighted by Gasteiger charge is 2.32. The highest BCUT2D eigenvalue weighted by molar-refractivity contribution is 7.20. The molecular formula is C38H55N9O7S. The maximum atomic E-state index is 14.0. The number of nitrogens with two attached hydrogens (primary N) is 3. The smallest absolute Gasteiger partial charge is 0.245 e. The standard InChI is InChI=1S/C38H55N9O7S/c1-22(2)18-29(46-34(52)28(12-7-8-16-39)45-36(54)30(21-48)43-23(3)49)35(53)44-27(13-9-17-42-38(40)41)33(51)37-47-26-15-14-25(20-32(26)55-37)31(50)19-24-10-5-4-6-11-24/h4-5,10,14-15,20,22,27-30,48H,6-9,11-13,16-19,21,39H2,1-3H3,(H,43,49)(H,44,53)(H,45,54)(H,46,52)(H4,40,41,42)/t27-,28-,29-,30-/m0/s1. The number of hydrogen-bond donors (Lipinski definition) is 8. The lowest BCUT2D eigenvalue weighted by molar-refractivity contribution is -0.134. The molecular weight excluding hydrogens is 727 g/mol. The van der Waals surface area contributed by atoms with Gasteiger partial charge in [0.05, 0.1) is 22.9 Å². The van der Waals surface area contributed by atoms with Gasteiger partial charge in [-0.2, -0.15) is 0 Å². The van der Waals surface area contributed by atoms with Crippen LogP contribution >= 0.6 is 11.3 Å². The lowest BCUT2D eigenvalue weighted by atomic mass is 9.97. The number of fused-ring (bicyclic) bond motifs is 1. The van der Waals surface area contributed by atoms with Gasteiger partial charge < -0.3 is 43.6 Å². The van der Waals surface area contributed by atoms with Crippen LogP contribution in [0.5, 0.6) is 0 Å². The first-order valence-corrected chi connectivity index (χ1v) is 19.4. The van der Waals surface area contributed by atoms with Gasteiger partial charge in [-0.1, -0.05) is 37.6 Å². The summed E-state index contributed by atoms with van der Waals surface area (Å²) in [4.78, 5) is 87.7. The number of aliphatic hydroxyl groups is 1. The molecule has 0 unspecified atom stereocenters. The van der Waals surface area contributed by atoms with E-state index in [4.69, 9.17) is 17.2 Å². The molecule has 16 nitrogen and oxygen atoms in total. The third kappa shape index (κ3) is 14.6. The summed E-state index contributed by atoms with van der Waals surface area (Å²) in [5, 5.41) is 20.3. The van der Waals surface area contributed by atoms with E-state index in [0.29, 0.717) is 48.0 Å². The molecule has 0 saturated heterocycles. The molecule has 17 heteroatoms. The van der Waals surface area contributed by atoms with E-state index in [0.717, 1.165) is 29.8 Å². The maximum Gasteiger partial charge on any atom is 0.245 e. The molecule has 300 valence electrons. The van der Waals surface area contributed by atoms with Crippen molar-refractivity contribution in [3.8, 4) is 0 Å². The number of rotatable bonds is 23. The van der Waals surface area contributed by atoms with Gasteiger partial charge in [0.15, 0.2) is 16.8 Å². The van der Waals surface area contributed by atoms with Gasteiger partial charge in [-0.25, -0.2) is 4.98 Å². The molecule has 1 aliphatic carbocycles. The van der Waals surface area contributed by atoms with Crippen molar-refractivity contribution in [1.29, 1.82) is 0 Å². The van der Waals surface area contributed by atoms with Crippen LogP contribution in [0.4, 0.5) is 0 Å². The molecule has 1 aromatic heterocycles. The lowest BCUT2D eigenvalue weighted by Crippen LogP contribution is -2.58. The summed E-state index contributed by atoms with van der Waals surface area (Å²) in [6.45, 7) is 4.79. The van der Waals surface area contributed by atoms with Crippen molar-refractivity contribution in [1.82, 2.24) is 26.3 Å². The number of nitrogens with zero attached hydrogens (tertiary/aromatic N) is 2. The van der Waals surface area contributed by atoms with E-state index in [-0.39, 0.29) is 48.5 Å². The molecule has 1 aromatic carbocycles. The number of guanidine groups is 1. The summed E-state index contributed by atoms with van der Waals surface area (Å²) in [5.74, 6) is -3.27. The number of amides is 4. The number of thiazole rings is 1. The number of unbranched alkanes of at least 4 members (excludes halogenated alkanes) is 1. The first kappa shape index (κ1) is 44.4. The van der Waals surface area contributed by atoms with E-state index in [1.807, 2.05) is 26.0 Å². The van der Waals surface area contributed by atoms with Crippen molar-refractivity contribution < 1.29 is 33.9 Å². The monoisotopic (exact) mass is 781 g/mol. The van der Waals surface area contributed by atoms with Gasteiger partial charge in [-0.3, -0.25) is 33.8 Å². The van der Waals surface area contributed by atoms with Crippen molar-refractivity contribution in [2.75, 3.05) is 19.7 Å². The van der Waals surface area contributed by atoms with Crippen LogP contribution in [0.2, 0.25) is 0 Å². The zero-order chi connectivity index (χ0) is 40.5. The van der Waals surface area contributed by atoms with Crippen LogP contribution < -0.4 is 38.5 Å². The van der Waals surface area contributed by atoms with E-state index < -0.39 is 60.2 Å². The minimum Gasteiger partial charge on any atom is -0.394 e. The Morgan fingerprint density at radius 2 is 1.58 bits per heavy atom. The minimum atomic E-state index is -1.28. The number of Topliss-reactive ketones (excluding diaryl/α,β-unsaturated/α-hetero) is 2. The number of allylic oxidation sites excluding steroid dienone is 4. The van der Waals surface area contributed by atoms with Gasteiger partial charge in [0.1, 0.15) is 18.1 Å². The highest BCUT2D eigenvalue weighted by Crippen LogP contribution is 2.27. The fourth-order valence-electron chi connectivity index (χ4n) is 5.95. The number of aliphatic imine (C=N–C) groups is 1. The highest BCUT2D eigenvalue weighted by atomic mass is 32.1. The molecule has 3 rings (SSSR count). The Morgan fingerprint density at radius 3 is 2.22 bits per heavy atom. The molecule has 2 aromatic rings. The number of aliphatic hydroxyl groups excluding tert-OH is 1. The first-order chi connectivity index (χ1) is 26.2. The number of carbonyl (C=O) groups is 6. The molecule has 11 N–H and O–H groups in total. The normalized spacial score (nSPS) is 14.6. The average Bonchev–Trinajstić information content (AvgIpc) is 3.57. The topological polar surface area (TPSA) is 274 Å². The van der Waals surface area contributed by atoms with Crippen LogP contribution in [0.3, 0.4) is 0 Å². The van der Waals surface area contributed by atoms with E-state index >= 15 is 0 Å². The van der Waals surface area contributed by atoms with E-state index in [9.17, 15) is 33.9 Å². The summed E-state index contributed by atoms with van der Waals surface area (Å²) in [6, 6.07) is 0.564. The summed E-state index contributed by atoms with van der Waals surface area (Å²) >= 11 is 1.12. The number of ketones is 2. The molecule has 1 aliphatic rings. The maximum absolute atomic E-state index is 14.0. The van der Waals surface area contributed by atoms with Crippen molar-refractivity contribution in [2.45, 2.75) is 103 Å².